The Hall–Kier alpha value is -1.15. The standard InChI is InChI=1S/C15H22NO/c1-3-16-15(10-5-4-6-11-15)13-8-7-9-14(12-13)17-2/h7-10,12,16H,3-6,11H2,1-2H3/q+1. The van der Waals surface area contributed by atoms with Crippen molar-refractivity contribution >= 4 is 0 Å². The smallest absolute Gasteiger partial charge is 0.184 e. The third kappa shape index (κ3) is 2.58. The quantitative estimate of drug-likeness (QED) is 0.804. The summed E-state index contributed by atoms with van der Waals surface area (Å²) in [4.78, 5) is 0. The van der Waals surface area contributed by atoms with Gasteiger partial charge in [-0.1, -0.05) is 19.1 Å². The van der Waals surface area contributed by atoms with Gasteiger partial charge in [0.15, 0.2) is 5.54 Å². The average molecular weight is 232 g/mol. The summed E-state index contributed by atoms with van der Waals surface area (Å²) in [6.45, 7) is 3.16. The Labute approximate surface area is 104 Å². The summed E-state index contributed by atoms with van der Waals surface area (Å²) in [5.74, 6) is 0.943. The highest BCUT2D eigenvalue weighted by atomic mass is 16.5. The van der Waals surface area contributed by atoms with E-state index in [1.165, 1.54) is 31.2 Å². The van der Waals surface area contributed by atoms with Gasteiger partial charge in [0.1, 0.15) is 12.2 Å². The molecule has 2 nitrogen and oxygen atoms in total. The lowest BCUT2D eigenvalue weighted by atomic mass is 9.76. The second-order valence-corrected chi connectivity index (χ2v) is 4.68. The first-order valence-electron chi connectivity index (χ1n) is 6.54. The van der Waals surface area contributed by atoms with Crippen molar-refractivity contribution in [2.24, 2.45) is 0 Å². The van der Waals surface area contributed by atoms with E-state index in [1.807, 2.05) is 6.07 Å². The fourth-order valence-corrected chi connectivity index (χ4v) is 2.74. The van der Waals surface area contributed by atoms with Gasteiger partial charge in [-0.25, -0.2) is 0 Å². The number of benzene rings is 1. The van der Waals surface area contributed by atoms with E-state index in [-0.39, 0.29) is 5.54 Å². The van der Waals surface area contributed by atoms with Crippen molar-refractivity contribution in [1.82, 2.24) is 5.32 Å². The van der Waals surface area contributed by atoms with Crippen LogP contribution in [-0.4, -0.2) is 13.7 Å². The normalized spacial score (nSPS) is 24.1. The van der Waals surface area contributed by atoms with Gasteiger partial charge in [-0.15, -0.1) is 0 Å². The van der Waals surface area contributed by atoms with Crippen LogP contribution in [0, 0.1) is 6.42 Å². The topological polar surface area (TPSA) is 21.3 Å². The summed E-state index contributed by atoms with van der Waals surface area (Å²) in [6.07, 6.45) is 7.44. The summed E-state index contributed by atoms with van der Waals surface area (Å²) in [5, 5.41) is 3.65. The molecule has 1 aliphatic rings. The van der Waals surface area contributed by atoms with Crippen LogP contribution in [-0.2, 0) is 5.54 Å². The number of rotatable bonds is 4. The summed E-state index contributed by atoms with van der Waals surface area (Å²) in [5.41, 5.74) is 1.39. The van der Waals surface area contributed by atoms with Gasteiger partial charge in [0.2, 0.25) is 0 Å². The van der Waals surface area contributed by atoms with Crippen LogP contribution in [0.25, 0.3) is 0 Å². The Morgan fingerprint density at radius 1 is 1.41 bits per heavy atom. The van der Waals surface area contributed by atoms with Crippen LogP contribution in [0.5, 0.6) is 5.75 Å². The minimum Gasteiger partial charge on any atom is -0.497 e. The lowest BCUT2D eigenvalue weighted by Gasteiger charge is -2.31. The fourth-order valence-electron chi connectivity index (χ4n) is 2.74. The van der Waals surface area contributed by atoms with E-state index in [2.05, 4.69) is 36.9 Å². The first-order chi connectivity index (χ1) is 8.30. The number of hydrogen-bond acceptors (Lipinski definition) is 2. The van der Waals surface area contributed by atoms with Gasteiger partial charge in [-0.2, -0.15) is 0 Å². The van der Waals surface area contributed by atoms with Gasteiger partial charge >= 0.3 is 0 Å². The zero-order chi connectivity index (χ0) is 12.1. The molecule has 0 aliphatic heterocycles. The molecule has 1 aromatic carbocycles. The molecule has 1 atom stereocenters. The molecule has 0 aromatic heterocycles. The van der Waals surface area contributed by atoms with E-state index < -0.39 is 0 Å². The third-order valence-electron chi connectivity index (χ3n) is 3.60. The first kappa shape index (κ1) is 12.3. The second kappa shape index (κ2) is 5.46. The van der Waals surface area contributed by atoms with Crippen LogP contribution in [0.3, 0.4) is 0 Å². The lowest BCUT2D eigenvalue weighted by Crippen LogP contribution is -2.44. The molecule has 1 fully saturated rings. The van der Waals surface area contributed by atoms with Crippen molar-refractivity contribution in [3.05, 3.63) is 36.2 Å². The van der Waals surface area contributed by atoms with Crippen molar-refractivity contribution in [3.8, 4) is 5.75 Å². The molecular weight excluding hydrogens is 210 g/mol. The minimum atomic E-state index is 0.0571. The highest BCUT2D eigenvalue weighted by molar-refractivity contribution is 5.36. The van der Waals surface area contributed by atoms with Crippen LogP contribution >= 0.6 is 0 Å². The largest absolute Gasteiger partial charge is 0.497 e. The van der Waals surface area contributed by atoms with Gasteiger partial charge in [0.25, 0.3) is 0 Å². The van der Waals surface area contributed by atoms with E-state index in [9.17, 15) is 0 Å². The van der Waals surface area contributed by atoms with Crippen LogP contribution in [0.4, 0.5) is 0 Å². The molecule has 2 heteroatoms. The van der Waals surface area contributed by atoms with Crippen molar-refractivity contribution in [2.45, 2.75) is 38.1 Å². The molecule has 1 saturated carbocycles. The van der Waals surface area contributed by atoms with Crippen molar-refractivity contribution in [2.75, 3.05) is 13.7 Å². The molecule has 17 heavy (non-hydrogen) atoms. The summed E-state index contributed by atoms with van der Waals surface area (Å²) in [6, 6.07) is 8.44. The van der Waals surface area contributed by atoms with Crippen molar-refractivity contribution < 1.29 is 4.74 Å². The molecule has 1 aromatic rings. The van der Waals surface area contributed by atoms with Gasteiger partial charge in [-0.3, -0.25) is 5.32 Å². The number of hydrogen-bond donors (Lipinski definition) is 1. The average Bonchev–Trinajstić information content (AvgIpc) is 2.40. The van der Waals surface area contributed by atoms with Crippen LogP contribution in [0.1, 0.15) is 38.2 Å². The lowest BCUT2D eigenvalue weighted by molar-refractivity contribution is 0.309. The monoisotopic (exact) mass is 232 g/mol. The number of ether oxygens (including phenoxy) is 1. The highest BCUT2D eigenvalue weighted by Crippen LogP contribution is 2.37. The Morgan fingerprint density at radius 2 is 2.29 bits per heavy atom. The number of nitrogens with one attached hydrogen (secondary N) is 1. The molecular formula is C15H22NO+. The van der Waals surface area contributed by atoms with E-state index in [4.69, 9.17) is 4.74 Å². The maximum atomic E-state index is 5.33. The zero-order valence-corrected chi connectivity index (χ0v) is 10.8. The predicted molar refractivity (Wildman–Crippen MR) is 71.1 cm³/mol. The fraction of sp³-hybridized carbons (Fsp3) is 0.533. The molecule has 0 bridgehead atoms. The summed E-state index contributed by atoms with van der Waals surface area (Å²) < 4.78 is 5.33. The summed E-state index contributed by atoms with van der Waals surface area (Å²) in [7, 11) is 1.73. The van der Waals surface area contributed by atoms with E-state index in [1.54, 1.807) is 7.11 Å². The maximum absolute atomic E-state index is 5.33. The molecule has 92 valence electrons. The molecule has 0 spiro atoms. The molecule has 1 N–H and O–H groups in total. The summed E-state index contributed by atoms with van der Waals surface area (Å²) >= 11 is 0. The van der Waals surface area contributed by atoms with Gasteiger partial charge in [0.05, 0.1) is 13.5 Å². The van der Waals surface area contributed by atoms with Gasteiger partial charge in [0, 0.05) is 12.0 Å². The van der Waals surface area contributed by atoms with E-state index in [0.29, 0.717) is 0 Å². The Balaban J connectivity index is 2.30. The van der Waals surface area contributed by atoms with Crippen LogP contribution in [0.15, 0.2) is 24.3 Å². The number of methoxy groups -OCH3 is 1. The van der Waals surface area contributed by atoms with Gasteiger partial charge in [-0.05, 0) is 31.5 Å². The SMILES string of the molecule is CCNC1(c2cccc(OC)c2)[CH+]CCCC1. The Bertz CT molecular complexity index is 350. The highest BCUT2D eigenvalue weighted by Gasteiger charge is 2.41. The van der Waals surface area contributed by atoms with Crippen LogP contribution in [0.2, 0.25) is 0 Å². The first-order valence-corrected chi connectivity index (χ1v) is 6.54. The maximum Gasteiger partial charge on any atom is 0.184 e. The predicted octanol–water partition coefficient (Wildman–Crippen LogP) is 3.28. The van der Waals surface area contributed by atoms with Crippen molar-refractivity contribution in [1.29, 1.82) is 0 Å². The zero-order valence-electron chi connectivity index (χ0n) is 10.8. The van der Waals surface area contributed by atoms with E-state index >= 15 is 0 Å². The Kier molecular flexibility index (Phi) is 3.95. The van der Waals surface area contributed by atoms with Crippen LogP contribution < -0.4 is 10.1 Å². The molecule has 2 rings (SSSR count). The molecule has 1 aliphatic carbocycles. The minimum absolute atomic E-state index is 0.0571. The van der Waals surface area contributed by atoms with Gasteiger partial charge < -0.3 is 4.74 Å². The molecule has 0 heterocycles. The third-order valence-corrected chi connectivity index (χ3v) is 3.60. The molecule has 1 unspecified atom stereocenters. The van der Waals surface area contributed by atoms with Crippen molar-refractivity contribution in [3.63, 3.8) is 0 Å². The second-order valence-electron chi connectivity index (χ2n) is 4.68. The molecule has 0 amide bonds. The molecule has 0 radical (unpaired) electrons. The molecule has 0 saturated heterocycles. The van der Waals surface area contributed by atoms with E-state index in [0.717, 1.165) is 12.3 Å². The Morgan fingerprint density at radius 3 is 2.94 bits per heavy atom.